The van der Waals surface area contributed by atoms with Crippen LogP contribution in [0, 0.1) is 16.7 Å². The molecule has 5 nitrogen and oxygen atoms in total. The molecule has 2 rings (SSSR count). The maximum Gasteiger partial charge on any atom is 0.241 e. The molecule has 0 radical (unpaired) electrons. The highest BCUT2D eigenvalue weighted by Crippen LogP contribution is 2.40. The number of aliphatic hydroxyl groups excluding tert-OH is 1. The fourth-order valence-corrected chi connectivity index (χ4v) is 1.91. The summed E-state index contributed by atoms with van der Waals surface area (Å²) >= 11 is 0. The third-order valence-corrected chi connectivity index (χ3v) is 3.23. The van der Waals surface area contributed by atoms with E-state index in [0.717, 1.165) is 6.42 Å². The second-order valence-electron chi connectivity index (χ2n) is 4.27. The van der Waals surface area contributed by atoms with Gasteiger partial charge in [0, 0.05) is 0 Å². The molecule has 1 amide bonds. The number of carbonyl (C=O) groups excluding carboxylic acids is 1. The second kappa shape index (κ2) is 4.60. The number of aliphatic hydroxyl groups is 1. The first-order valence-electron chi connectivity index (χ1n) is 5.58. The zero-order valence-corrected chi connectivity index (χ0v) is 9.35. The van der Waals surface area contributed by atoms with Gasteiger partial charge in [-0.3, -0.25) is 4.79 Å². The van der Waals surface area contributed by atoms with Crippen molar-refractivity contribution in [3.63, 3.8) is 0 Å². The zero-order valence-electron chi connectivity index (χ0n) is 9.35. The normalized spacial score (nSPS) is 18.8. The summed E-state index contributed by atoms with van der Waals surface area (Å²) in [5.41, 5.74) is -0.903. The maximum atomic E-state index is 12.0. The molecule has 0 saturated heterocycles. The van der Waals surface area contributed by atoms with Crippen molar-refractivity contribution in [2.24, 2.45) is 5.41 Å². The van der Waals surface area contributed by atoms with Crippen molar-refractivity contribution in [2.45, 2.75) is 25.3 Å². The van der Waals surface area contributed by atoms with Gasteiger partial charge in [0.1, 0.15) is 17.2 Å². The first-order chi connectivity index (χ1) is 8.22. The third kappa shape index (κ3) is 2.04. The Labute approximate surface area is 99.0 Å². The lowest BCUT2D eigenvalue weighted by Crippen LogP contribution is -2.46. The monoisotopic (exact) mass is 234 g/mol. The van der Waals surface area contributed by atoms with Crippen LogP contribution >= 0.6 is 0 Å². The minimum Gasteiger partial charge on any atom is -0.467 e. The second-order valence-corrected chi connectivity index (χ2v) is 4.27. The predicted molar refractivity (Wildman–Crippen MR) is 58.6 cm³/mol. The predicted octanol–water partition coefficient (Wildman–Crippen LogP) is 1.12. The van der Waals surface area contributed by atoms with Crippen molar-refractivity contribution >= 4 is 5.91 Å². The maximum absolute atomic E-state index is 12.0. The van der Waals surface area contributed by atoms with E-state index in [1.807, 2.05) is 0 Å². The summed E-state index contributed by atoms with van der Waals surface area (Å²) in [6, 6.07) is 4.85. The number of rotatable bonds is 4. The van der Waals surface area contributed by atoms with Gasteiger partial charge in [-0.05, 0) is 31.4 Å². The van der Waals surface area contributed by atoms with Gasteiger partial charge in [0.25, 0.3) is 0 Å². The molecular weight excluding hydrogens is 220 g/mol. The van der Waals surface area contributed by atoms with Crippen molar-refractivity contribution in [1.29, 1.82) is 5.26 Å². The van der Waals surface area contributed by atoms with E-state index in [9.17, 15) is 9.90 Å². The molecule has 0 aliphatic heterocycles. The van der Waals surface area contributed by atoms with E-state index in [1.165, 1.54) is 6.26 Å². The van der Waals surface area contributed by atoms with Gasteiger partial charge in [0.2, 0.25) is 5.91 Å². The smallest absolute Gasteiger partial charge is 0.241 e. The summed E-state index contributed by atoms with van der Waals surface area (Å²) in [5.74, 6) is 0.176. The Hall–Kier alpha value is -1.80. The molecule has 1 aliphatic carbocycles. The molecule has 2 N–H and O–H groups in total. The van der Waals surface area contributed by atoms with Gasteiger partial charge in [-0.2, -0.15) is 5.26 Å². The van der Waals surface area contributed by atoms with Crippen LogP contribution in [-0.4, -0.2) is 17.6 Å². The van der Waals surface area contributed by atoms with E-state index in [2.05, 4.69) is 11.4 Å². The molecule has 5 heteroatoms. The summed E-state index contributed by atoms with van der Waals surface area (Å²) in [4.78, 5) is 12.0. The number of nitrogens with one attached hydrogen (secondary N) is 1. The molecule has 0 spiro atoms. The van der Waals surface area contributed by atoms with Gasteiger partial charge in [0.05, 0.1) is 18.9 Å². The number of nitriles is 1. The SMILES string of the molecule is N#CC1(C(=O)NC(CO)c2ccco2)CCC1. The average molecular weight is 234 g/mol. The van der Waals surface area contributed by atoms with Gasteiger partial charge < -0.3 is 14.8 Å². The molecule has 1 aromatic rings. The lowest BCUT2D eigenvalue weighted by Gasteiger charge is -2.34. The lowest BCUT2D eigenvalue weighted by molar-refractivity contribution is -0.133. The molecule has 1 unspecified atom stereocenters. The van der Waals surface area contributed by atoms with Gasteiger partial charge in [-0.25, -0.2) is 0 Å². The van der Waals surface area contributed by atoms with Crippen LogP contribution < -0.4 is 5.32 Å². The highest BCUT2D eigenvalue weighted by Gasteiger charge is 2.45. The molecule has 90 valence electrons. The van der Waals surface area contributed by atoms with Crippen LogP contribution in [0.15, 0.2) is 22.8 Å². The zero-order chi connectivity index (χ0) is 12.3. The summed E-state index contributed by atoms with van der Waals surface area (Å²) in [5, 5.41) is 20.9. The quantitative estimate of drug-likeness (QED) is 0.817. The Bertz CT molecular complexity index is 429. The van der Waals surface area contributed by atoms with Crippen LogP contribution in [0.5, 0.6) is 0 Å². The van der Waals surface area contributed by atoms with Crippen molar-refractivity contribution in [3.05, 3.63) is 24.2 Å². The van der Waals surface area contributed by atoms with Gasteiger partial charge in [-0.15, -0.1) is 0 Å². The van der Waals surface area contributed by atoms with Crippen LogP contribution in [0.1, 0.15) is 31.1 Å². The Morgan fingerprint density at radius 1 is 1.71 bits per heavy atom. The molecule has 1 saturated carbocycles. The van der Waals surface area contributed by atoms with E-state index >= 15 is 0 Å². The van der Waals surface area contributed by atoms with E-state index < -0.39 is 11.5 Å². The number of carbonyl (C=O) groups is 1. The van der Waals surface area contributed by atoms with Gasteiger partial charge in [0.15, 0.2) is 0 Å². The molecular formula is C12H14N2O3. The molecule has 0 bridgehead atoms. The Morgan fingerprint density at radius 3 is 2.88 bits per heavy atom. The third-order valence-electron chi connectivity index (χ3n) is 3.23. The van der Waals surface area contributed by atoms with Crippen molar-refractivity contribution in [3.8, 4) is 6.07 Å². The highest BCUT2D eigenvalue weighted by atomic mass is 16.3. The molecule has 17 heavy (non-hydrogen) atoms. The van der Waals surface area contributed by atoms with Crippen LogP contribution in [0.3, 0.4) is 0 Å². The molecule has 1 aromatic heterocycles. The van der Waals surface area contributed by atoms with Crippen LogP contribution in [0.2, 0.25) is 0 Å². The molecule has 0 aromatic carbocycles. The van der Waals surface area contributed by atoms with Crippen molar-refractivity contribution in [2.75, 3.05) is 6.61 Å². The summed E-state index contributed by atoms with van der Waals surface area (Å²) < 4.78 is 5.13. The molecule has 1 aliphatic rings. The highest BCUT2D eigenvalue weighted by molar-refractivity contribution is 5.86. The first kappa shape index (κ1) is 11.7. The summed E-state index contributed by atoms with van der Waals surface area (Å²) in [6.45, 7) is -0.249. The average Bonchev–Trinajstić information content (AvgIpc) is 2.78. The van der Waals surface area contributed by atoms with Gasteiger partial charge in [-0.1, -0.05) is 0 Å². The van der Waals surface area contributed by atoms with Crippen molar-refractivity contribution < 1.29 is 14.3 Å². The minimum atomic E-state index is -0.903. The molecule has 1 heterocycles. The van der Waals surface area contributed by atoms with E-state index in [0.29, 0.717) is 18.6 Å². The van der Waals surface area contributed by atoms with Crippen LogP contribution in [0.25, 0.3) is 0 Å². The Balaban J connectivity index is 2.05. The van der Waals surface area contributed by atoms with Crippen molar-refractivity contribution in [1.82, 2.24) is 5.32 Å². The topological polar surface area (TPSA) is 86.3 Å². The number of hydrogen-bond acceptors (Lipinski definition) is 4. The number of furan rings is 1. The van der Waals surface area contributed by atoms with Gasteiger partial charge >= 0.3 is 0 Å². The number of amides is 1. The lowest BCUT2D eigenvalue weighted by atomic mass is 9.69. The standard InChI is InChI=1S/C12H14N2O3/c13-8-12(4-2-5-12)11(16)14-9(7-15)10-3-1-6-17-10/h1,3,6,9,15H,2,4-5,7H2,(H,14,16). The minimum absolute atomic E-state index is 0.249. The molecule has 1 fully saturated rings. The van der Waals surface area contributed by atoms with E-state index in [-0.39, 0.29) is 12.5 Å². The van der Waals surface area contributed by atoms with Crippen LogP contribution in [-0.2, 0) is 4.79 Å². The summed E-state index contributed by atoms with van der Waals surface area (Å²) in [6.07, 6.45) is 3.55. The fourth-order valence-electron chi connectivity index (χ4n) is 1.91. The Morgan fingerprint density at radius 2 is 2.47 bits per heavy atom. The summed E-state index contributed by atoms with van der Waals surface area (Å²) in [7, 11) is 0. The molecule has 1 atom stereocenters. The Kier molecular flexibility index (Phi) is 3.16. The first-order valence-corrected chi connectivity index (χ1v) is 5.58. The van der Waals surface area contributed by atoms with E-state index in [4.69, 9.17) is 9.68 Å². The van der Waals surface area contributed by atoms with E-state index in [1.54, 1.807) is 12.1 Å². The fraction of sp³-hybridized carbons (Fsp3) is 0.500. The number of nitrogens with zero attached hydrogens (tertiary/aromatic N) is 1. The van der Waals surface area contributed by atoms with Crippen LogP contribution in [0.4, 0.5) is 0 Å². The largest absolute Gasteiger partial charge is 0.467 e. The number of hydrogen-bond donors (Lipinski definition) is 2.